The molecule has 0 aliphatic heterocycles. The van der Waals surface area contributed by atoms with Gasteiger partial charge >= 0.3 is 0 Å². The van der Waals surface area contributed by atoms with Crippen molar-refractivity contribution in [2.24, 2.45) is 0 Å². The summed E-state index contributed by atoms with van der Waals surface area (Å²) < 4.78 is 37.1. The molecule has 146 valence electrons. The summed E-state index contributed by atoms with van der Waals surface area (Å²) in [7, 11) is -2.44. The van der Waals surface area contributed by atoms with Crippen LogP contribution in [0.5, 0.6) is 5.88 Å². The number of rotatable bonds is 6. The van der Waals surface area contributed by atoms with Gasteiger partial charge in [0.25, 0.3) is 21.8 Å². The van der Waals surface area contributed by atoms with Crippen LogP contribution in [0.25, 0.3) is 0 Å². The maximum Gasteiger partial charge on any atom is 0.294 e. The number of aromatic nitrogens is 3. The number of carbonyl (C=O) groups excluding carboxylic acids is 1. The van der Waals surface area contributed by atoms with E-state index >= 15 is 0 Å². The minimum absolute atomic E-state index is 0.0146. The number of ether oxygens (including phenoxy) is 1. The number of aryl methyl sites for hydroxylation is 2. The highest BCUT2D eigenvalue weighted by atomic mass is 32.2. The van der Waals surface area contributed by atoms with Crippen LogP contribution in [0.4, 0.5) is 11.5 Å². The molecule has 0 radical (unpaired) electrons. The monoisotopic (exact) mass is 403 g/mol. The lowest BCUT2D eigenvalue weighted by Crippen LogP contribution is -2.15. The molecule has 0 aliphatic rings. The van der Waals surface area contributed by atoms with E-state index in [1.807, 2.05) is 0 Å². The van der Waals surface area contributed by atoms with Gasteiger partial charge in [0.05, 0.1) is 18.1 Å². The fourth-order valence-corrected chi connectivity index (χ4v) is 3.33. The van der Waals surface area contributed by atoms with E-state index in [1.165, 1.54) is 43.5 Å². The molecular weight excluding hydrogens is 386 g/mol. The number of nitrogens with one attached hydrogen (secondary N) is 2. The van der Waals surface area contributed by atoms with Crippen LogP contribution in [0, 0.1) is 13.8 Å². The van der Waals surface area contributed by atoms with E-state index in [0.717, 1.165) is 0 Å². The molecule has 28 heavy (non-hydrogen) atoms. The predicted octanol–water partition coefficient (Wildman–Crippen LogP) is 2.14. The fourth-order valence-electron chi connectivity index (χ4n) is 2.34. The molecular formula is C17H17N5O5S. The van der Waals surface area contributed by atoms with Crippen molar-refractivity contribution in [3.8, 4) is 5.88 Å². The van der Waals surface area contributed by atoms with Crippen molar-refractivity contribution in [1.29, 1.82) is 0 Å². The second-order valence-corrected chi connectivity index (χ2v) is 7.44. The first-order valence-corrected chi connectivity index (χ1v) is 9.52. The zero-order valence-electron chi connectivity index (χ0n) is 15.3. The maximum absolute atomic E-state index is 12.5. The quantitative estimate of drug-likeness (QED) is 0.639. The van der Waals surface area contributed by atoms with E-state index in [9.17, 15) is 13.2 Å². The normalized spacial score (nSPS) is 11.1. The molecule has 0 fully saturated rings. The SMILES string of the molecule is COc1cc(C(=O)Nc2ccc(S(=O)(=O)Nc3cc(C)nc(C)n3)cc2)on1. The van der Waals surface area contributed by atoms with Gasteiger partial charge in [-0.1, -0.05) is 0 Å². The van der Waals surface area contributed by atoms with Crippen molar-refractivity contribution in [2.45, 2.75) is 18.7 Å². The van der Waals surface area contributed by atoms with Crippen molar-refractivity contribution in [2.75, 3.05) is 17.1 Å². The van der Waals surface area contributed by atoms with E-state index in [2.05, 4.69) is 25.2 Å². The van der Waals surface area contributed by atoms with E-state index in [4.69, 9.17) is 9.26 Å². The molecule has 0 aliphatic carbocycles. The Balaban J connectivity index is 1.73. The largest absolute Gasteiger partial charge is 0.479 e. The number of anilines is 2. The van der Waals surface area contributed by atoms with Gasteiger partial charge in [0.2, 0.25) is 5.76 Å². The summed E-state index contributed by atoms with van der Waals surface area (Å²) in [6, 6.07) is 8.50. The zero-order chi connectivity index (χ0) is 20.3. The number of sulfonamides is 1. The summed E-state index contributed by atoms with van der Waals surface area (Å²) in [6.45, 7) is 3.42. The van der Waals surface area contributed by atoms with Gasteiger partial charge in [0.1, 0.15) is 11.6 Å². The highest BCUT2D eigenvalue weighted by Gasteiger charge is 2.17. The molecule has 0 saturated heterocycles. The Morgan fingerprint density at radius 2 is 1.82 bits per heavy atom. The van der Waals surface area contributed by atoms with Crippen LogP contribution < -0.4 is 14.8 Å². The van der Waals surface area contributed by atoms with Crippen LogP contribution in [0.1, 0.15) is 22.1 Å². The Labute approximate surface area is 161 Å². The van der Waals surface area contributed by atoms with Crippen LogP contribution >= 0.6 is 0 Å². The molecule has 2 heterocycles. The van der Waals surface area contributed by atoms with E-state index < -0.39 is 15.9 Å². The van der Waals surface area contributed by atoms with Crippen molar-refractivity contribution in [1.82, 2.24) is 15.1 Å². The van der Waals surface area contributed by atoms with Gasteiger partial charge in [-0.2, -0.15) is 0 Å². The molecule has 2 N–H and O–H groups in total. The number of nitrogens with zero attached hydrogens (tertiary/aromatic N) is 3. The van der Waals surface area contributed by atoms with Gasteiger partial charge in [-0.05, 0) is 43.3 Å². The molecule has 0 atom stereocenters. The van der Waals surface area contributed by atoms with Gasteiger partial charge in [0, 0.05) is 17.4 Å². The lowest BCUT2D eigenvalue weighted by atomic mass is 10.3. The van der Waals surface area contributed by atoms with Crippen LogP contribution in [0.15, 0.2) is 45.8 Å². The zero-order valence-corrected chi connectivity index (χ0v) is 16.1. The third-order valence-corrected chi connectivity index (χ3v) is 4.92. The summed E-state index contributed by atoms with van der Waals surface area (Å²) in [5.74, 6) is 0.232. The Kier molecular flexibility index (Phi) is 5.27. The Bertz CT molecular complexity index is 1090. The lowest BCUT2D eigenvalue weighted by molar-refractivity contribution is 0.0987. The molecule has 11 heteroatoms. The van der Waals surface area contributed by atoms with Gasteiger partial charge in [-0.15, -0.1) is 0 Å². The molecule has 0 spiro atoms. The van der Waals surface area contributed by atoms with Crippen LogP contribution in [0.2, 0.25) is 0 Å². The number of hydrogen-bond donors (Lipinski definition) is 2. The third kappa shape index (κ3) is 4.43. The maximum atomic E-state index is 12.5. The molecule has 1 amide bonds. The van der Waals surface area contributed by atoms with Gasteiger partial charge in [0.15, 0.2) is 0 Å². The molecule has 2 aromatic heterocycles. The summed E-state index contributed by atoms with van der Waals surface area (Å²) in [5.41, 5.74) is 1.03. The lowest BCUT2D eigenvalue weighted by Gasteiger charge is -2.09. The van der Waals surface area contributed by atoms with Crippen molar-refractivity contribution >= 4 is 27.4 Å². The second-order valence-electron chi connectivity index (χ2n) is 5.76. The van der Waals surface area contributed by atoms with Crippen molar-refractivity contribution in [3.05, 3.63) is 53.7 Å². The number of carbonyl (C=O) groups is 1. The summed E-state index contributed by atoms with van der Waals surface area (Å²) in [5, 5.41) is 6.11. The Morgan fingerprint density at radius 3 is 2.43 bits per heavy atom. The summed E-state index contributed by atoms with van der Waals surface area (Å²) >= 11 is 0. The van der Waals surface area contributed by atoms with Crippen LogP contribution in [0.3, 0.4) is 0 Å². The Morgan fingerprint density at radius 1 is 1.11 bits per heavy atom. The average Bonchev–Trinajstić information content (AvgIpc) is 3.10. The van der Waals surface area contributed by atoms with E-state index in [1.54, 1.807) is 13.8 Å². The van der Waals surface area contributed by atoms with Gasteiger partial charge < -0.3 is 14.6 Å². The average molecular weight is 403 g/mol. The molecule has 0 bridgehead atoms. The van der Waals surface area contributed by atoms with Crippen molar-refractivity contribution in [3.63, 3.8) is 0 Å². The summed E-state index contributed by atoms with van der Waals surface area (Å²) in [4.78, 5) is 20.3. The van der Waals surface area contributed by atoms with E-state index in [-0.39, 0.29) is 22.4 Å². The second kappa shape index (κ2) is 7.64. The first-order chi connectivity index (χ1) is 13.3. The first-order valence-electron chi connectivity index (χ1n) is 8.04. The number of amides is 1. The first kappa shape index (κ1) is 19.3. The fraction of sp³-hybridized carbons (Fsp3) is 0.176. The number of hydrogen-bond acceptors (Lipinski definition) is 8. The number of methoxy groups -OCH3 is 1. The topological polar surface area (TPSA) is 136 Å². The van der Waals surface area contributed by atoms with E-state index in [0.29, 0.717) is 17.2 Å². The minimum atomic E-state index is -3.84. The third-order valence-electron chi connectivity index (χ3n) is 3.55. The highest BCUT2D eigenvalue weighted by molar-refractivity contribution is 7.92. The van der Waals surface area contributed by atoms with Crippen molar-refractivity contribution < 1.29 is 22.5 Å². The van der Waals surface area contributed by atoms with Gasteiger partial charge in [-0.3, -0.25) is 9.52 Å². The Hall–Kier alpha value is -3.47. The standard InChI is InChI=1S/C17H17N5O5S/c1-10-8-15(19-11(2)18-10)22-28(24,25)13-6-4-12(5-7-13)20-17(23)14-9-16(26-3)21-27-14/h4-9H,1-3H3,(H,20,23)(H,18,19,22). The molecule has 3 rings (SSSR count). The molecule has 1 aromatic carbocycles. The highest BCUT2D eigenvalue weighted by Crippen LogP contribution is 2.19. The minimum Gasteiger partial charge on any atom is -0.479 e. The smallest absolute Gasteiger partial charge is 0.294 e. The van der Waals surface area contributed by atoms with Crippen LogP contribution in [-0.2, 0) is 10.0 Å². The predicted molar refractivity (Wildman–Crippen MR) is 99.8 cm³/mol. The molecule has 0 saturated carbocycles. The number of benzene rings is 1. The van der Waals surface area contributed by atoms with Crippen LogP contribution in [-0.4, -0.2) is 36.6 Å². The molecule has 3 aromatic rings. The summed E-state index contributed by atoms with van der Waals surface area (Å²) in [6.07, 6.45) is 0. The molecule has 10 nitrogen and oxygen atoms in total. The molecule has 0 unspecified atom stereocenters. The van der Waals surface area contributed by atoms with Gasteiger partial charge in [-0.25, -0.2) is 18.4 Å².